The number of aliphatic hydroxyl groups excluding tert-OH is 1. The number of methoxy groups -OCH3 is 2. The molecule has 50 heavy (non-hydrogen) atoms. The van der Waals surface area contributed by atoms with Gasteiger partial charge in [-0.1, -0.05) is 72.8 Å². The molecule has 1 aliphatic heterocycles. The van der Waals surface area contributed by atoms with E-state index < -0.39 is 29.7 Å². The number of hydrogen-bond donors (Lipinski definition) is 3. The summed E-state index contributed by atoms with van der Waals surface area (Å²) < 4.78 is 25.5. The lowest BCUT2D eigenvalue weighted by Gasteiger charge is -2.37. The zero-order valence-corrected chi connectivity index (χ0v) is 27.4. The van der Waals surface area contributed by atoms with Crippen LogP contribution in [0, 0.1) is 0 Å². The second kappa shape index (κ2) is 14.0. The Hall–Kier alpha value is -5.82. The van der Waals surface area contributed by atoms with Crippen molar-refractivity contribution < 1.29 is 28.8 Å². The van der Waals surface area contributed by atoms with Crippen LogP contribution in [0.15, 0.2) is 120 Å². The molecule has 1 saturated heterocycles. The van der Waals surface area contributed by atoms with Gasteiger partial charge in [-0.3, -0.25) is 4.79 Å². The Morgan fingerprint density at radius 2 is 1.46 bits per heavy atom. The number of benzene rings is 4. The molecular weight excluding hydrogens is 638 g/mol. The molecule has 0 bridgehead atoms. The van der Waals surface area contributed by atoms with Crippen molar-refractivity contribution in [2.24, 2.45) is 0 Å². The normalized spacial score (nSPS) is 17.5. The molecule has 2 aromatic heterocycles. The number of H-pyrrole nitrogens is 1. The van der Waals surface area contributed by atoms with Crippen LogP contribution in [0.5, 0.6) is 11.5 Å². The van der Waals surface area contributed by atoms with Crippen molar-refractivity contribution in [3.05, 3.63) is 148 Å². The zero-order valence-electron chi connectivity index (χ0n) is 27.4. The summed E-state index contributed by atoms with van der Waals surface area (Å²) in [7, 11) is 3.22. The summed E-state index contributed by atoms with van der Waals surface area (Å²) in [4.78, 5) is 37.5. The van der Waals surface area contributed by atoms with E-state index in [9.17, 15) is 14.7 Å². The Labute approximate surface area is 287 Å². The number of hydrogen-bond acceptors (Lipinski definition) is 9. The molecule has 3 heterocycles. The molecule has 1 aliphatic rings. The number of imidazole rings is 1. The lowest BCUT2D eigenvalue weighted by Crippen LogP contribution is -2.38. The van der Waals surface area contributed by atoms with Crippen LogP contribution in [0.3, 0.4) is 0 Å². The van der Waals surface area contributed by atoms with Crippen molar-refractivity contribution in [3.8, 4) is 11.5 Å². The Bertz CT molecular complexity index is 2090. The predicted molar refractivity (Wildman–Crippen MR) is 185 cm³/mol. The van der Waals surface area contributed by atoms with E-state index in [0.29, 0.717) is 17.1 Å². The Kier molecular flexibility index (Phi) is 9.13. The summed E-state index contributed by atoms with van der Waals surface area (Å²) in [5, 5.41) is 14.1. The third-order valence-electron chi connectivity index (χ3n) is 8.90. The number of nitrogens with one attached hydrogen (secondary N) is 2. The molecular formula is C38H35N5O7. The molecule has 0 saturated carbocycles. The van der Waals surface area contributed by atoms with Gasteiger partial charge in [0.05, 0.1) is 26.9 Å². The number of amides is 1. The molecule has 1 fully saturated rings. The number of carbonyl (C=O) groups is 1. The van der Waals surface area contributed by atoms with Crippen LogP contribution in [0.4, 0.5) is 5.82 Å². The second-order valence-corrected chi connectivity index (χ2v) is 11.8. The molecule has 3 N–H and O–H groups in total. The van der Waals surface area contributed by atoms with Crippen molar-refractivity contribution in [2.45, 2.75) is 30.5 Å². The first kappa shape index (κ1) is 32.7. The van der Waals surface area contributed by atoms with Crippen LogP contribution in [0.1, 0.15) is 39.7 Å². The fourth-order valence-corrected chi connectivity index (χ4v) is 6.37. The number of carbonyl (C=O) groups excluding carboxylic acids is 1. The Morgan fingerprint density at radius 1 is 0.880 bits per heavy atom. The number of aromatic nitrogens is 4. The Morgan fingerprint density at radius 3 is 2.06 bits per heavy atom. The zero-order chi connectivity index (χ0) is 34.7. The van der Waals surface area contributed by atoms with Gasteiger partial charge in [0.2, 0.25) is 0 Å². The molecule has 0 aliphatic carbocycles. The standard InChI is InChI=1S/C38H35N5O7/c1-47-28-17-13-26(14-18-28)38(25-11-7-4-8-12-25,27-15-19-29(48-2)20-16-27)49-22-31-30(44)21-32(50-31)43-35-33(41-37(43)46)34(39-23-40-35)42-36(45)24-9-5-3-6-10-24/h3-20,23,30-32,44H,21-22H2,1-2H3,(H,41,46)(H,39,40,42,45)/t30-,31+,32+/m0/s1. The number of rotatable bonds is 11. The lowest BCUT2D eigenvalue weighted by atomic mass is 9.80. The van der Waals surface area contributed by atoms with Crippen LogP contribution in [-0.2, 0) is 15.1 Å². The number of nitrogens with zero attached hydrogens (tertiary/aromatic N) is 3. The molecule has 0 spiro atoms. The van der Waals surface area contributed by atoms with Gasteiger partial charge in [-0.05, 0) is 53.1 Å². The van der Waals surface area contributed by atoms with Gasteiger partial charge in [-0.2, -0.15) is 0 Å². The third kappa shape index (κ3) is 6.11. The van der Waals surface area contributed by atoms with Crippen molar-refractivity contribution in [1.29, 1.82) is 0 Å². The smallest absolute Gasteiger partial charge is 0.329 e. The summed E-state index contributed by atoms with van der Waals surface area (Å²) >= 11 is 0. The highest BCUT2D eigenvalue weighted by Crippen LogP contribution is 2.43. The minimum Gasteiger partial charge on any atom is -0.497 e. The number of anilines is 1. The summed E-state index contributed by atoms with van der Waals surface area (Å²) in [6.07, 6.45) is -1.30. The van der Waals surface area contributed by atoms with Gasteiger partial charge in [0, 0.05) is 12.0 Å². The molecule has 0 unspecified atom stereocenters. The highest BCUT2D eigenvalue weighted by atomic mass is 16.6. The largest absolute Gasteiger partial charge is 0.497 e. The average Bonchev–Trinajstić information content (AvgIpc) is 3.71. The fraction of sp³-hybridized carbons (Fsp3) is 0.211. The van der Waals surface area contributed by atoms with Crippen LogP contribution >= 0.6 is 0 Å². The predicted octanol–water partition coefficient (Wildman–Crippen LogP) is 5.05. The molecule has 7 rings (SSSR count). The van der Waals surface area contributed by atoms with Crippen molar-refractivity contribution >= 4 is 22.9 Å². The minimum absolute atomic E-state index is 0.0326. The first-order valence-electron chi connectivity index (χ1n) is 16.0. The number of aliphatic hydroxyl groups is 1. The van der Waals surface area contributed by atoms with Gasteiger partial charge < -0.3 is 34.4 Å². The molecule has 0 radical (unpaired) electrons. The van der Waals surface area contributed by atoms with E-state index in [-0.39, 0.29) is 35.9 Å². The SMILES string of the molecule is COc1ccc(C(OC[C@H]2O[C@@H](n3c(=O)[nH]c4c(NC(=O)c5ccccc5)ncnc43)C[C@@H]2O)(c2ccccc2)c2ccc(OC)cc2)cc1. The van der Waals surface area contributed by atoms with Crippen LogP contribution in [0.25, 0.3) is 11.2 Å². The first-order valence-corrected chi connectivity index (χ1v) is 16.0. The van der Waals surface area contributed by atoms with E-state index >= 15 is 0 Å². The minimum atomic E-state index is -1.13. The van der Waals surface area contributed by atoms with E-state index in [2.05, 4.69) is 20.3 Å². The summed E-state index contributed by atoms with van der Waals surface area (Å²) in [5.74, 6) is 1.14. The summed E-state index contributed by atoms with van der Waals surface area (Å²) in [6, 6.07) is 33.8. The first-order chi connectivity index (χ1) is 24.4. The molecule has 12 heteroatoms. The third-order valence-corrected chi connectivity index (χ3v) is 8.90. The number of aromatic amines is 1. The van der Waals surface area contributed by atoms with E-state index in [1.165, 1.54) is 10.9 Å². The van der Waals surface area contributed by atoms with Crippen LogP contribution in [-0.4, -0.2) is 63.6 Å². The van der Waals surface area contributed by atoms with E-state index in [0.717, 1.165) is 16.7 Å². The van der Waals surface area contributed by atoms with Crippen molar-refractivity contribution in [3.63, 3.8) is 0 Å². The monoisotopic (exact) mass is 673 g/mol. The maximum Gasteiger partial charge on any atom is 0.329 e. The molecule has 254 valence electrons. The van der Waals surface area contributed by atoms with E-state index in [4.69, 9.17) is 18.9 Å². The highest BCUT2D eigenvalue weighted by molar-refractivity contribution is 6.06. The van der Waals surface area contributed by atoms with Gasteiger partial charge in [-0.15, -0.1) is 0 Å². The van der Waals surface area contributed by atoms with Gasteiger partial charge in [0.25, 0.3) is 5.91 Å². The maximum absolute atomic E-state index is 13.3. The molecule has 1 amide bonds. The number of fused-ring (bicyclic) bond motifs is 1. The quantitative estimate of drug-likeness (QED) is 0.161. The maximum atomic E-state index is 13.3. The van der Waals surface area contributed by atoms with Gasteiger partial charge >= 0.3 is 5.69 Å². The molecule has 12 nitrogen and oxygen atoms in total. The van der Waals surface area contributed by atoms with E-state index in [1.54, 1.807) is 38.5 Å². The topological polar surface area (TPSA) is 150 Å². The highest BCUT2D eigenvalue weighted by Gasteiger charge is 2.42. The Balaban J connectivity index is 1.20. The lowest BCUT2D eigenvalue weighted by molar-refractivity contribution is -0.0935. The van der Waals surface area contributed by atoms with Crippen LogP contribution in [0.2, 0.25) is 0 Å². The summed E-state index contributed by atoms with van der Waals surface area (Å²) in [5.41, 5.74) is 1.75. The average molecular weight is 674 g/mol. The molecule has 3 atom stereocenters. The van der Waals surface area contributed by atoms with Crippen molar-refractivity contribution in [2.75, 3.05) is 26.1 Å². The van der Waals surface area contributed by atoms with Gasteiger partial charge in [0.15, 0.2) is 11.5 Å². The molecule has 4 aromatic carbocycles. The van der Waals surface area contributed by atoms with Gasteiger partial charge in [-0.25, -0.2) is 19.3 Å². The summed E-state index contributed by atoms with van der Waals surface area (Å²) in [6.45, 7) is -0.0326. The molecule has 6 aromatic rings. The fourth-order valence-electron chi connectivity index (χ4n) is 6.37. The van der Waals surface area contributed by atoms with Gasteiger partial charge in [0.1, 0.15) is 41.3 Å². The number of ether oxygens (including phenoxy) is 4. The second-order valence-electron chi connectivity index (χ2n) is 11.8. The van der Waals surface area contributed by atoms with E-state index in [1.807, 2.05) is 84.9 Å². The van der Waals surface area contributed by atoms with Crippen molar-refractivity contribution in [1.82, 2.24) is 19.5 Å². The van der Waals surface area contributed by atoms with Crippen LogP contribution < -0.4 is 20.5 Å².